The standard InChI is InChI=1S/C11H20N6O/c1-4-18-11-14-9(16-12)13-10(15-11)17(3)7(2)8-5-6-8/h7-8H,4-6,12H2,1-3H3,(H,13,14,15,16). The van der Waals surface area contributed by atoms with Crippen LogP contribution in [0.15, 0.2) is 0 Å². The average Bonchev–Trinajstić information content (AvgIpc) is 3.21. The van der Waals surface area contributed by atoms with E-state index in [0.29, 0.717) is 30.6 Å². The molecule has 3 N–H and O–H groups in total. The van der Waals surface area contributed by atoms with E-state index in [9.17, 15) is 0 Å². The highest BCUT2D eigenvalue weighted by atomic mass is 16.5. The van der Waals surface area contributed by atoms with Gasteiger partial charge in [-0.25, -0.2) is 5.84 Å². The smallest absolute Gasteiger partial charge is 0.323 e. The minimum atomic E-state index is 0.297. The van der Waals surface area contributed by atoms with Crippen LogP contribution in [-0.2, 0) is 0 Å². The van der Waals surface area contributed by atoms with Gasteiger partial charge in [0.05, 0.1) is 6.61 Å². The predicted octanol–water partition coefficient (Wildman–Crippen LogP) is 0.791. The molecule has 0 saturated heterocycles. The molecule has 0 aromatic carbocycles. The number of hydrogen-bond acceptors (Lipinski definition) is 7. The van der Waals surface area contributed by atoms with Gasteiger partial charge >= 0.3 is 6.01 Å². The molecule has 100 valence electrons. The molecule has 1 saturated carbocycles. The zero-order valence-electron chi connectivity index (χ0n) is 11.1. The molecular formula is C11H20N6O. The van der Waals surface area contributed by atoms with Crippen LogP contribution in [0.4, 0.5) is 11.9 Å². The molecule has 1 aromatic rings. The van der Waals surface area contributed by atoms with Crippen LogP contribution < -0.4 is 20.9 Å². The van der Waals surface area contributed by atoms with E-state index >= 15 is 0 Å². The predicted molar refractivity (Wildman–Crippen MR) is 69.4 cm³/mol. The molecule has 1 atom stereocenters. The summed E-state index contributed by atoms with van der Waals surface area (Å²) in [5, 5.41) is 0. The Morgan fingerprint density at radius 1 is 1.44 bits per heavy atom. The highest BCUT2D eigenvalue weighted by Gasteiger charge is 2.31. The van der Waals surface area contributed by atoms with Gasteiger partial charge in [-0.15, -0.1) is 0 Å². The Morgan fingerprint density at radius 2 is 2.17 bits per heavy atom. The lowest BCUT2D eigenvalue weighted by molar-refractivity contribution is 0.311. The van der Waals surface area contributed by atoms with Crippen molar-refractivity contribution in [2.45, 2.75) is 32.7 Å². The van der Waals surface area contributed by atoms with Gasteiger partial charge in [-0.1, -0.05) is 0 Å². The summed E-state index contributed by atoms with van der Waals surface area (Å²) in [5.41, 5.74) is 2.44. The number of nitrogens with two attached hydrogens (primary N) is 1. The summed E-state index contributed by atoms with van der Waals surface area (Å²) in [7, 11) is 1.98. The van der Waals surface area contributed by atoms with Crippen molar-refractivity contribution in [2.75, 3.05) is 24.0 Å². The molecule has 7 heteroatoms. The Morgan fingerprint density at radius 3 is 2.72 bits per heavy atom. The molecule has 1 aromatic heterocycles. The number of hydrazine groups is 1. The van der Waals surface area contributed by atoms with Crippen LogP contribution in [0.25, 0.3) is 0 Å². The number of nitrogens with zero attached hydrogens (tertiary/aromatic N) is 4. The minimum absolute atomic E-state index is 0.297. The number of anilines is 2. The normalized spacial score (nSPS) is 16.2. The van der Waals surface area contributed by atoms with Gasteiger partial charge in [-0.05, 0) is 32.6 Å². The van der Waals surface area contributed by atoms with Gasteiger partial charge in [0.1, 0.15) is 0 Å². The van der Waals surface area contributed by atoms with Crippen LogP contribution in [0, 0.1) is 5.92 Å². The molecule has 1 heterocycles. The lowest BCUT2D eigenvalue weighted by atomic mass is 10.2. The average molecular weight is 252 g/mol. The maximum Gasteiger partial charge on any atom is 0.323 e. The number of hydrogen-bond donors (Lipinski definition) is 2. The van der Waals surface area contributed by atoms with E-state index < -0.39 is 0 Å². The van der Waals surface area contributed by atoms with Crippen LogP contribution in [0.1, 0.15) is 26.7 Å². The van der Waals surface area contributed by atoms with Gasteiger partial charge in [0, 0.05) is 13.1 Å². The van der Waals surface area contributed by atoms with Crippen LogP contribution in [0.3, 0.4) is 0 Å². The molecule has 1 aliphatic carbocycles. The number of rotatable bonds is 6. The third kappa shape index (κ3) is 2.79. The van der Waals surface area contributed by atoms with E-state index in [1.54, 1.807) is 0 Å². The second kappa shape index (κ2) is 5.34. The van der Waals surface area contributed by atoms with Crippen molar-refractivity contribution in [3.8, 4) is 6.01 Å². The van der Waals surface area contributed by atoms with Gasteiger partial charge in [0.15, 0.2) is 0 Å². The Bertz CT molecular complexity index is 409. The zero-order chi connectivity index (χ0) is 13.1. The first-order valence-corrected chi connectivity index (χ1v) is 6.24. The van der Waals surface area contributed by atoms with Crippen LogP contribution >= 0.6 is 0 Å². The second-order valence-corrected chi connectivity index (χ2v) is 4.51. The molecule has 1 fully saturated rings. The second-order valence-electron chi connectivity index (χ2n) is 4.51. The summed E-state index contributed by atoms with van der Waals surface area (Å²) in [4.78, 5) is 14.6. The topological polar surface area (TPSA) is 89.2 Å². The Balaban J connectivity index is 2.21. The van der Waals surface area contributed by atoms with Crippen LogP contribution in [0.5, 0.6) is 6.01 Å². The van der Waals surface area contributed by atoms with Crippen LogP contribution in [-0.4, -0.2) is 34.6 Å². The molecule has 18 heavy (non-hydrogen) atoms. The fourth-order valence-corrected chi connectivity index (χ4v) is 1.84. The van der Waals surface area contributed by atoms with Gasteiger partial charge in [0.25, 0.3) is 0 Å². The molecule has 1 aliphatic rings. The quantitative estimate of drug-likeness (QED) is 0.571. The Labute approximate surface area is 107 Å². The van der Waals surface area contributed by atoms with E-state index in [0.717, 1.165) is 5.92 Å². The molecule has 2 rings (SSSR count). The lowest BCUT2D eigenvalue weighted by Gasteiger charge is -2.25. The molecular weight excluding hydrogens is 232 g/mol. The largest absolute Gasteiger partial charge is 0.464 e. The van der Waals surface area contributed by atoms with E-state index in [2.05, 4.69) is 27.3 Å². The maximum absolute atomic E-state index is 5.36. The van der Waals surface area contributed by atoms with Crippen molar-refractivity contribution in [3.05, 3.63) is 0 Å². The summed E-state index contributed by atoms with van der Waals surface area (Å²) >= 11 is 0. The molecule has 1 unspecified atom stereocenters. The monoisotopic (exact) mass is 252 g/mol. The van der Waals surface area contributed by atoms with E-state index in [1.807, 2.05) is 18.9 Å². The third-order valence-electron chi connectivity index (χ3n) is 3.24. The summed E-state index contributed by atoms with van der Waals surface area (Å²) < 4.78 is 5.31. The highest BCUT2D eigenvalue weighted by Crippen LogP contribution is 2.35. The van der Waals surface area contributed by atoms with E-state index in [-0.39, 0.29) is 0 Å². The van der Waals surface area contributed by atoms with Crippen molar-refractivity contribution >= 4 is 11.9 Å². The Kier molecular flexibility index (Phi) is 3.81. The molecule has 0 amide bonds. The lowest BCUT2D eigenvalue weighted by Crippen LogP contribution is -2.32. The zero-order valence-corrected chi connectivity index (χ0v) is 11.1. The summed E-state index contributed by atoms with van der Waals surface area (Å²) in [6.07, 6.45) is 2.55. The molecule has 0 spiro atoms. The van der Waals surface area contributed by atoms with Crippen molar-refractivity contribution in [3.63, 3.8) is 0 Å². The summed E-state index contributed by atoms with van der Waals surface area (Å²) in [6.45, 7) is 4.57. The fraction of sp³-hybridized carbons (Fsp3) is 0.727. The van der Waals surface area contributed by atoms with E-state index in [1.165, 1.54) is 12.8 Å². The number of nitrogen functional groups attached to an aromatic ring is 1. The number of ether oxygens (including phenoxy) is 1. The Hall–Kier alpha value is -1.63. The molecule has 0 aliphatic heterocycles. The van der Waals surface area contributed by atoms with Crippen LogP contribution in [0.2, 0.25) is 0 Å². The van der Waals surface area contributed by atoms with Crippen molar-refractivity contribution < 1.29 is 4.74 Å². The fourth-order valence-electron chi connectivity index (χ4n) is 1.84. The number of aromatic nitrogens is 3. The highest BCUT2D eigenvalue weighted by molar-refractivity contribution is 5.38. The van der Waals surface area contributed by atoms with Gasteiger partial charge in [-0.2, -0.15) is 15.0 Å². The summed E-state index contributed by atoms with van der Waals surface area (Å²) in [6, 6.07) is 0.706. The van der Waals surface area contributed by atoms with Gasteiger partial charge < -0.3 is 9.64 Å². The molecule has 0 bridgehead atoms. The van der Waals surface area contributed by atoms with Crippen molar-refractivity contribution in [1.82, 2.24) is 15.0 Å². The minimum Gasteiger partial charge on any atom is -0.464 e. The summed E-state index contributed by atoms with van der Waals surface area (Å²) in [5.74, 6) is 6.99. The first-order chi connectivity index (χ1) is 8.65. The maximum atomic E-state index is 5.36. The molecule has 0 radical (unpaired) electrons. The van der Waals surface area contributed by atoms with Gasteiger partial charge in [0.2, 0.25) is 11.9 Å². The SMILES string of the molecule is CCOc1nc(NN)nc(N(C)C(C)C2CC2)n1. The van der Waals surface area contributed by atoms with E-state index in [4.69, 9.17) is 10.6 Å². The first kappa shape index (κ1) is 12.8. The van der Waals surface area contributed by atoms with Gasteiger partial charge in [-0.3, -0.25) is 5.43 Å². The molecule has 7 nitrogen and oxygen atoms in total. The first-order valence-electron chi connectivity index (χ1n) is 6.24. The number of nitrogens with one attached hydrogen (secondary N) is 1. The third-order valence-corrected chi connectivity index (χ3v) is 3.24. The van der Waals surface area contributed by atoms with Crippen molar-refractivity contribution in [2.24, 2.45) is 11.8 Å². The van der Waals surface area contributed by atoms with Crippen molar-refractivity contribution in [1.29, 1.82) is 0 Å².